The number of nitrogens with one attached hydrogen (secondary N) is 1. The van der Waals surface area contributed by atoms with E-state index in [2.05, 4.69) is 60.4 Å². The van der Waals surface area contributed by atoms with Gasteiger partial charge in [0.2, 0.25) is 5.91 Å². The largest absolute Gasteiger partial charge is 0.322 e. The van der Waals surface area contributed by atoms with E-state index >= 15 is 0 Å². The SMILES string of the molecule is C=CC(=O)Nc1cc2c3c(ccc2c2ccccc12)C(C(C)=O)CCC3c1ccccc1. The Morgan fingerprint density at radius 3 is 2.28 bits per heavy atom. The molecule has 0 spiro atoms. The second-order valence-corrected chi connectivity index (χ2v) is 8.53. The Hall–Kier alpha value is -3.72. The topological polar surface area (TPSA) is 46.2 Å². The number of benzene rings is 4. The lowest BCUT2D eigenvalue weighted by atomic mass is 9.71. The molecule has 5 rings (SSSR count). The molecule has 3 heteroatoms. The molecule has 4 aromatic rings. The minimum absolute atomic E-state index is 0.0907. The molecule has 1 N–H and O–H groups in total. The Kier molecular flexibility index (Phi) is 5.10. The van der Waals surface area contributed by atoms with Crippen LogP contribution in [0, 0.1) is 0 Å². The maximum atomic E-state index is 12.5. The van der Waals surface area contributed by atoms with E-state index in [1.165, 1.54) is 17.2 Å². The first-order valence-electron chi connectivity index (χ1n) is 11.1. The molecule has 0 radical (unpaired) electrons. The van der Waals surface area contributed by atoms with Gasteiger partial charge >= 0.3 is 0 Å². The molecule has 0 saturated heterocycles. The number of hydrogen-bond donors (Lipinski definition) is 1. The van der Waals surface area contributed by atoms with Crippen molar-refractivity contribution in [3.63, 3.8) is 0 Å². The van der Waals surface area contributed by atoms with Crippen LogP contribution in [0.4, 0.5) is 5.69 Å². The first kappa shape index (κ1) is 20.2. The number of carbonyl (C=O) groups is 2. The molecule has 0 aliphatic heterocycles. The van der Waals surface area contributed by atoms with Gasteiger partial charge in [0.05, 0.1) is 0 Å². The smallest absolute Gasteiger partial charge is 0.247 e. The zero-order chi connectivity index (χ0) is 22.2. The Morgan fingerprint density at radius 1 is 0.875 bits per heavy atom. The molecule has 0 saturated carbocycles. The van der Waals surface area contributed by atoms with Crippen LogP contribution in [-0.2, 0) is 9.59 Å². The summed E-state index contributed by atoms with van der Waals surface area (Å²) in [7, 11) is 0. The van der Waals surface area contributed by atoms with Crippen molar-refractivity contribution < 1.29 is 9.59 Å². The number of hydrogen-bond acceptors (Lipinski definition) is 2. The normalized spacial score (nSPS) is 17.7. The van der Waals surface area contributed by atoms with Gasteiger partial charge in [-0.25, -0.2) is 0 Å². The van der Waals surface area contributed by atoms with E-state index in [-0.39, 0.29) is 23.5 Å². The highest BCUT2D eigenvalue weighted by atomic mass is 16.1. The first-order valence-corrected chi connectivity index (χ1v) is 11.1. The maximum Gasteiger partial charge on any atom is 0.247 e. The zero-order valence-corrected chi connectivity index (χ0v) is 18.1. The summed E-state index contributed by atoms with van der Waals surface area (Å²) in [5.74, 6) is 0.0836. The lowest BCUT2D eigenvalue weighted by molar-refractivity contribution is -0.118. The van der Waals surface area contributed by atoms with Crippen LogP contribution in [0.25, 0.3) is 21.5 Å². The second kappa shape index (κ2) is 8.08. The molecule has 158 valence electrons. The van der Waals surface area contributed by atoms with Crippen LogP contribution in [-0.4, -0.2) is 11.7 Å². The van der Waals surface area contributed by atoms with Crippen molar-refractivity contribution in [2.45, 2.75) is 31.6 Å². The van der Waals surface area contributed by atoms with Crippen LogP contribution in [0.15, 0.2) is 85.5 Å². The van der Waals surface area contributed by atoms with Crippen molar-refractivity contribution in [1.82, 2.24) is 0 Å². The van der Waals surface area contributed by atoms with Crippen molar-refractivity contribution >= 4 is 38.9 Å². The summed E-state index contributed by atoms with van der Waals surface area (Å²) in [5.41, 5.74) is 4.35. The molecular weight excluding hydrogens is 394 g/mol. The molecule has 1 aliphatic rings. The Labute approximate surface area is 187 Å². The standard InChI is InChI=1S/C29H25NO2/c1-3-28(32)30-27-17-26-23(22-11-7-8-12-24(22)27)15-16-25-20(18(2)31)13-14-21(29(25)26)19-9-5-4-6-10-19/h3-12,15-17,20-21H,1,13-14H2,2H3,(H,30,32). The Bertz CT molecular complexity index is 1370. The fourth-order valence-corrected chi connectivity index (χ4v) is 5.27. The lowest BCUT2D eigenvalue weighted by Crippen LogP contribution is -2.20. The third-order valence-corrected chi connectivity index (χ3v) is 6.72. The molecule has 0 fully saturated rings. The lowest BCUT2D eigenvalue weighted by Gasteiger charge is -2.32. The van der Waals surface area contributed by atoms with Crippen molar-refractivity contribution in [3.05, 3.63) is 102 Å². The van der Waals surface area contributed by atoms with Gasteiger partial charge < -0.3 is 5.32 Å². The average Bonchev–Trinajstić information content (AvgIpc) is 2.83. The van der Waals surface area contributed by atoms with Crippen LogP contribution in [0.3, 0.4) is 0 Å². The molecule has 2 unspecified atom stereocenters. The van der Waals surface area contributed by atoms with E-state index < -0.39 is 0 Å². The van der Waals surface area contributed by atoms with E-state index in [0.717, 1.165) is 45.6 Å². The molecule has 1 aliphatic carbocycles. The molecular formula is C29H25NO2. The van der Waals surface area contributed by atoms with Gasteiger partial charge in [-0.2, -0.15) is 0 Å². The van der Waals surface area contributed by atoms with Crippen LogP contribution in [0.5, 0.6) is 0 Å². The van der Waals surface area contributed by atoms with Crippen molar-refractivity contribution in [1.29, 1.82) is 0 Å². The van der Waals surface area contributed by atoms with Crippen molar-refractivity contribution in [2.24, 2.45) is 0 Å². The number of amides is 1. The maximum absolute atomic E-state index is 12.5. The molecule has 2 atom stereocenters. The quantitative estimate of drug-likeness (QED) is 0.295. The summed E-state index contributed by atoms with van der Waals surface area (Å²) >= 11 is 0. The third kappa shape index (κ3) is 3.31. The molecule has 3 nitrogen and oxygen atoms in total. The third-order valence-electron chi connectivity index (χ3n) is 6.72. The van der Waals surface area contributed by atoms with Gasteiger partial charge in [0, 0.05) is 22.9 Å². The van der Waals surface area contributed by atoms with Crippen LogP contribution in [0.1, 0.15) is 48.3 Å². The van der Waals surface area contributed by atoms with Gasteiger partial charge in [-0.1, -0.05) is 73.3 Å². The average molecular weight is 420 g/mol. The number of Topliss-reactive ketones (excluding diaryl/α,β-unsaturated/α-hetero) is 1. The van der Waals surface area contributed by atoms with E-state index in [4.69, 9.17) is 0 Å². The molecule has 0 bridgehead atoms. The van der Waals surface area contributed by atoms with Gasteiger partial charge in [0.15, 0.2) is 0 Å². The first-order chi connectivity index (χ1) is 15.6. The van der Waals surface area contributed by atoms with Gasteiger partial charge in [-0.3, -0.25) is 9.59 Å². The fourth-order valence-electron chi connectivity index (χ4n) is 5.27. The van der Waals surface area contributed by atoms with E-state index in [1.54, 1.807) is 6.92 Å². The number of fused-ring (bicyclic) bond motifs is 5. The molecule has 1 amide bonds. The number of carbonyl (C=O) groups excluding carboxylic acids is 2. The predicted octanol–water partition coefficient (Wildman–Crippen LogP) is 6.72. The van der Waals surface area contributed by atoms with Gasteiger partial charge in [0.1, 0.15) is 5.78 Å². The van der Waals surface area contributed by atoms with E-state index in [0.29, 0.717) is 0 Å². The summed E-state index contributed by atoms with van der Waals surface area (Å²) in [6, 6.07) is 25.0. The minimum atomic E-state index is -0.236. The summed E-state index contributed by atoms with van der Waals surface area (Å²) in [6.07, 6.45) is 3.06. The van der Waals surface area contributed by atoms with E-state index in [1.807, 2.05) is 24.3 Å². The predicted molar refractivity (Wildman–Crippen MR) is 131 cm³/mol. The summed E-state index contributed by atoms with van der Waals surface area (Å²) in [4.78, 5) is 24.7. The van der Waals surface area contributed by atoms with Crippen LogP contribution < -0.4 is 5.32 Å². The molecule has 32 heavy (non-hydrogen) atoms. The summed E-state index contributed by atoms with van der Waals surface area (Å²) in [6.45, 7) is 5.29. The monoisotopic (exact) mass is 419 g/mol. The number of ketones is 1. The molecule has 0 heterocycles. The Balaban J connectivity index is 1.86. The highest BCUT2D eigenvalue weighted by molar-refractivity contribution is 6.17. The summed E-state index contributed by atoms with van der Waals surface area (Å²) in [5, 5.41) is 7.31. The van der Waals surface area contributed by atoms with E-state index in [9.17, 15) is 9.59 Å². The number of anilines is 1. The fraction of sp³-hybridized carbons (Fsp3) is 0.172. The highest BCUT2D eigenvalue weighted by Crippen LogP contribution is 2.47. The van der Waals surface area contributed by atoms with Crippen LogP contribution in [0.2, 0.25) is 0 Å². The number of rotatable bonds is 4. The van der Waals surface area contributed by atoms with Gasteiger partial charge in [0.25, 0.3) is 0 Å². The molecule has 4 aromatic carbocycles. The van der Waals surface area contributed by atoms with Gasteiger partial charge in [-0.15, -0.1) is 0 Å². The Morgan fingerprint density at radius 2 is 1.56 bits per heavy atom. The minimum Gasteiger partial charge on any atom is -0.322 e. The summed E-state index contributed by atoms with van der Waals surface area (Å²) < 4.78 is 0. The van der Waals surface area contributed by atoms with Crippen molar-refractivity contribution in [2.75, 3.05) is 5.32 Å². The van der Waals surface area contributed by atoms with Gasteiger partial charge in [-0.05, 0) is 64.8 Å². The zero-order valence-electron chi connectivity index (χ0n) is 18.1. The highest BCUT2D eigenvalue weighted by Gasteiger charge is 2.32. The van der Waals surface area contributed by atoms with Crippen LogP contribution >= 0.6 is 0 Å². The second-order valence-electron chi connectivity index (χ2n) is 8.53. The molecule has 0 aromatic heterocycles. The van der Waals surface area contributed by atoms with Crippen molar-refractivity contribution in [3.8, 4) is 0 Å².